The Bertz CT molecular complexity index is 784. The van der Waals surface area contributed by atoms with E-state index in [-0.39, 0.29) is 11.7 Å². The average Bonchev–Trinajstić information content (AvgIpc) is 2.81. The maximum Gasteiger partial charge on any atom is 0.253 e. The van der Waals surface area contributed by atoms with Crippen molar-refractivity contribution in [2.45, 2.75) is 12.3 Å². The van der Waals surface area contributed by atoms with Gasteiger partial charge in [0.05, 0.1) is 16.6 Å². The van der Waals surface area contributed by atoms with Crippen LogP contribution in [0.2, 0.25) is 4.34 Å². The first-order valence-electron chi connectivity index (χ1n) is 6.51. The van der Waals surface area contributed by atoms with Gasteiger partial charge in [0.25, 0.3) is 5.91 Å². The lowest BCUT2D eigenvalue weighted by Gasteiger charge is -2.16. The second-order valence-corrected chi connectivity index (χ2v) is 9.08. The van der Waals surface area contributed by atoms with E-state index >= 15 is 0 Å². The first-order chi connectivity index (χ1) is 10.2. The van der Waals surface area contributed by atoms with Crippen molar-refractivity contribution in [3.8, 4) is 0 Å². The molecule has 1 aromatic carbocycles. The minimum atomic E-state index is -3.12. The summed E-state index contributed by atoms with van der Waals surface area (Å²) < 4.78 is 23.4. The predicted octanol–water partition coefficient (Wildman–Crippen LogP) is 3.22. The number of sulfone groups is 1. The summed E-state index contributed by atoms with van der Waals surface area (Å²) in [5.74, 6) is -0.224. The molecule has 0 bridgehead atoms. The summed E-state index contributed by atoms with van der Waals surface area (Å²) in [6.45, 7) is 0.465. The third-order valence-corrected chi connectivity index (χ3v) is 5.04. The number of amides is 1. The van der Waals surface area contributed by atoms with Crippen LogP contribution in [0.4, 0.5) is 0 Å². The van der Waals surface area contributed by atoms with E-state index < -0.39 is 9.84 Å². The Labute approximate surface area is 139 Å². The third kappa shape index (κ3) is 4.83. The number of hydrogen-bond donors (Lipinski definition) is 0. The molecule has 1 amide bonds. The van der Waals surface area contributed by atoms with Crippen LogP contribution < -0.4 is 0 Å². The van der Waals surface area contributed by atoms with Crippen LogP contribution in [-0.4, -0.2) is 32.5 Å². The number of rotatable bonds is 5. The summed E-state index contributed by atoms with van der Waals surface area (Å²) in [4.78, 5) is 15.0. The summed E-state index contributed by atoms with van der Waals surface area (Å²) in [6, 6.07) is 10.4. The van der Waals surface area contributed by atoms with E-state index in [9.17, 15) is 13.2 Å². The molecule has 0 fully saturated rings. The Kier molecular flexibility index (Phi) is 5.26. The molecule has 0 N–H and O–H groups in total. The molecule has 0 atom stereocenters. The van der Waals surface area contributed by atoms with Crippen molar-refractivity contribution >= 4 is 38.7 Å². The van der Waals surface area contributed by atoms with Gasteiger partial charge in [-0.2, -0.15) is 0 Å². The zero-order valence-corrected chi connectivity index (χ0v) is 14.6. The van der Waals surface area contributed by atoms with Crippen LogP contribution in [0, 0.1) is 0 Å². The van der Waals surface area contributed by atoms with Crippen molar-refractivity contribution < 1.29 is 13.2 Å². The molecule has 0 unspecified atom stereocenters. The van der Waals surface area contributed by atoms with E-state index in [1.54, 1.807) is 42.3 Å². The van der Waals surface area contributed by atoms with Gasteiger partial charge in [-0.05, 0) is 29.8 Å². The fourth-order valence-electron chi connectivity index (χ4n) is 2.06. The SMILES string of the molecule is CN(Cc1ccc(Cl)s1)C(=O)c1cccc(CS(C)(=O)=O)c1. The molecule has 1 aromatic heterocycles. The molecular formula is C15H16ClNO3S2. The summed E-state index contributed by atoms with van der Waals surface area (Å²) in [7, 11) is -1.42. The molecule has 118 valence electrons. The highest BCUT2D eigenvalue weighted by Gasteiger charge is 2.14. The standard InChI is InChI=1S/C15H16ClNO3S2/c1-17(9-13-6-7-14(16)21-13)15(18)12-5-3-4-11(8-12)10-22(2,19)20/h3-8H,9-10H2,1-2H3. The number of carbonyl (C=O) groups is 1. The molecule has 0 aliphatic carbocycles. The Morgan fingerprint density at radius 3 is 2.59 bits per heavy atom. The zero-order valence-electron chi connectivity index (χ0n) is 12.2. The number of hydrogen-bond acceptors (Lipinski definition) is 4. The lowest BCUT2D eigenvalue weighted by atomic mass is 10.1. The second kappa shape index (κ2) is 6.81. The summed E-state index contributed by atoms with van der Waals surface area (Å²) >= 11 is 7.31. The Morgan fingerprint density at radius 1 is 1.27 bits per heavy atom. The molecule has 2 rings (SSSR count). The molecule has 0 saturated heterocycles. The molecular weight excluding hydrogens is 342 g/mol. The van der Waals surface area contributed by atoms with E-state index in [1.807, 2.05) is 6.07 Å². The molecule has 4 nitrogen and oxygen atoms in total. The smallest absolute Gasteiger partial charge is 0.253 e. The number of benzene rings is 1. The summed E-state index contributed by atoms with van der Waals surface area (Å²) in [5, 5.41) is 0. The Balaban J connectivity index is 2.13. The number of thiophene rings is 1. The summed E-state index contributed by atoms with van der Waals surface area (Å²) in [6.07, 6.45) is 1.17. The van der Waals surface area contributed by atoms with Gasteiger partial charge in [0, 0.05) is 23.7 Å². The molecule has 0 aliphatic rings. The van der Waals surface area contributed by atoms with Crippen molar-refractivity contribution in [2.24, 2.45) is 0 Å². The van der Waals surface area contributed by atoms with E-state index in [1.165, 1.54) is 17.6 Å². The van der Waals surface area contributed by atoms with Crippen molar-refractivity contribution in [3.63, 3.8) is 0 Å². The Morgan fingerprint density at radius 2 is 2.00 bits per heavy atom. The molecule has 7 heteroatoms. The molecule has 2 aromatic rings. The van der Waals surface area contributed by atoms with Gasteiger partial charge >= 0.3 is 0 Å². The highest BCUT2D eigenvalue weighted by Crippen LogP contribution is 2.23. The molecule has 0 radical (unpaired) electrons. The monoisotopic (exact) mass is 357 g/mol. The van der Waals surface area contributed by atoms with Gasteiger partial charge in [0.15, 0.2) is 9.84 Å². The normalized spacial score (nSPS) is 11.4. The highest BCUT2D eigenvalue weighted by molar-refractivity contribution is 7.89. The summed E-state index contributed by atoms with van der Waals surface area (Å²) in [5.41, 5.74) is 1.09. The quantitative estimate of drug-likeness (QED) is 0.825. The van der Waals surface area contributed by atoms with Gasteiger partial charge in [0.2, 0.25) is 0 Å². The van der Waals surface area contributed by atoms with Crippen LogP contribution in [0.3, 0.4) is 0 Å². The van der Waals surface area contributed by atoms with Crippen molar-refractivity contribution in [1.82, 2.24) is 4.90 Å². The fraction of sp³-hybridized carbons (Fsp3) is 0.267. The Hall–Kier alpha value is -1.37. The van der Waals surface area contributed by atoms with Gasteiger partial charge in [0.1, 0.15) is 0 Å². The molecule has 0 aliphatic heterocycles. The van der Waals surface area contributed by atoms with Crippen molar-refractivity contribution in [3.05, 3.63) is 56.7 Å². The predicted molar refractivity (Wildman–Crippen MR) is 90.1 cm³/mol. The number of halogens is 1. The molecule has 1 heterocycles. The maximum atomic E-state index is 12.4. The van der Waals surface area contributed by atoms with Crippen molar-refractivity contribution in [1.29, 1.82) is 0 Å². The van der Waals surface area contributed by atoms with Gasteiger partial charge < -0.3 is 4.90 Å². The van der Waals surface area contributed by atoms with E-state index in [2.05, 4.69) is 0 Å². The van der Waals surface area contributed by atoms with Crippen LogP contribution in [0.1, 0.15) is 20.8 Å². The van der Waals surface area contributed by atoms with E-state index in [4.69, 9.17) is 11.6 Å². The van der Waals surface area contributed by atoms with Crippen LogP contribution in [-0.2, 0) is 22.1 Å². The van der Waals surface area contributed by atoms with Crippen LogP contribution in [0.5, 0.6) is 0 Å². The lowest BCUT2D eigenvalue weighted by molar-refractivity contribution is 0.0786. The third-order valence-electron chi connectivity index (χ3n) is 2.97. The van der Waals surface area contributed by atoms with Gasteiger partial charge in [-0.3, -0.25) is 4.79 Å². The lowest BCUT2D eigenvalue weighted by Crippen LogP contribution is -2.25. The first kappa shape index (κ1) is 17.0. The fourth-order valence-corrected chi connectivity index (χ4v) is 3.99. The minimum Gasteiger partial charge on any atom is -0.337 e. The first-order valence-corrected chi connectivity index (χ1v) is 9.76. The van der Waals surface area contributed by atoms with Gasteiger partial charge in [-0.25, -0.2) is 8.42 Å². The van der Waals surface area contributed by atoms with Gasteiger partial charge in [-0.1, -0.05) is 23.7 Å². The molecule has 0 spiro atoms. The number of nitrogens with zero attached hydrogens (tertiary/aromatic N) is 1. The van der Waals surface area contributed by atoms with Gasteiger partial charge in [-0.15, -0.1) is 11.3 Å². The second-order valence-electron chi connectivity index (χ2n) is 5.14. The van der Waals surface area contributed by atoms with E-state index in [0.717, 1.165) is 4.88 Å². The van der Waals surface area contributed by atoms with Crippen LogP contribution >= 0.6 is 22.9 Å². The van der Waals surface area contributed by atoms with Crippen LogP contribution in [0.25, 0.3) is 0 Å². The number of carbonyl (C=O) groups excluding carboxylic acids is 1. The van der Waals surface area contributed by atoms with Crippen molar-refractivity contribution in [2.75, 3.05) is 13.3 Å². The average molecular weight is 358 g/mol. The molecule has 0 saturated carbocycles. The minimum absolute atomic E-state index is 0.0711. The maximum absolute atomic E-state index is 12.4. The zero-order chi connectivity index (χ0) is 16.3. The topological polar surface area (TPSA) is 54.5 Å². The van der Waals surface area contributed by atoms with E-state index in [0.29, 0.717) is 22.0 Å². The molecule has 22 heavy (non-hydrogen) atoms. The van der Waals surface area contributed by atoms with Crippen LogP contribution in [0.15, 0.2) is 36.4 Å². The largest absolute Gasteiger partial charge is 0.337 e. The highest BCUT2D eigenvalue weighted by atomic mass is 35.5.